The molecule has 0 atom stereocenters. The van der Waals surface area contributed by atoms with Gasteiger partial charge in [0, 0.05) is 37.3 Å². The maximum Gasteiger partial charge on any atom is 0.308 e. The van der Waals surface area contributed by atoms with Crippen molar-refractivity contribution in [3.63, 3.8) is 0 Å². The van der Waals surface area contributed by atoms with Crippen LogP contribution in [0.2, 0.25) is 0 Å². The second-order valence-electron chi connectivity index (χ2n) is 7.39. The fourth-order valence-electron chi connectivity index (χ4n) is 3.26. The van der Waals surface area contributed by atoms with Gasteiger partial charge >= 0.3 is 5.97 Å². The molecule has 0 radical (unpaired) electrons. The maximum absolute atomic E-state index is 12.2. The van der Waals surface area contributed by atoms with Crippen LogP contribution in [0.15, 0.2) is 24.3 Å². The lowest BCUT2D eigenvalue weighted by atomic mass is 9.87. The number of nitrogens with zero attached hydrogens (tertiary/aromatic N) is 2. The third-order valence-corrected chi connectivity index (χ3v) is 5.24. The van der Waals surface area contributed by atoms with E-state index < -0.39 is 16.8 Å². The monoisotopic (exact) mass is 405 g/mol. The lowest BCUT2D eigenvalue weighted by Gasteiger charge is -2.33. The summed E-state index contributed by atoms with van der Waals surface area (Å²) >= 11 is 0. The van der Waals surface area contributed by atoms with Crippen LogP contribution in [0.5, 0.6) is 0 Å². The van der Waals surface area contributed by atoms with E-state index in [9.17, 15) is 24.5 Å². The summed E-state index contributed by atoms with van der Waals surface area (Å²) in [5.41, 5.74) is 0.144. The van der Waals surface area contributed by atoms with E-state index >= 15 is 0 Å². The molecular formula is C20H27N3O6. The SMILES string of the molecule is CC1CCC(N(C)C(=O)COC(=O)CCNC(=O)c2ccc([N+](=O)[O-])cc2)CC1. The van der Waals surface area contributed by atoms with E-state index in [1.54, 1.807) is 11.9 Å². The van der Waals surface area contributed by atoms with Crippen molar-refractivity contribution in [3.8, 4) is 0 Å². The number of esters is 1. The molecule has 0 spiro atoms. The maximum atomic E-state index is 12.2. The smallest absolute Gasteiger partial charge is 0.308 e. The van der Waals surface area contributed by atoms with E-state index in [0.29, 0.717) is 5.92 Å². The third kappa shape index (κ3) is 6.85. The average Bonchev–Trinajstić information content (AvgIpc) is 2.72. The van der Waals surface area contributed by atoms with Gasteiger partial charge in [-0.25, -0.2) is 0 Å². The van der Waals surface area contributed by atoms with Crippen LogP contribution in [0.25, 0.3) is 0 Å². The number of carbonyl (C=O) groups is 3. The summed E-state index contributed by atoms with van der Waals surface area (Å²) in [6.07, 6.45) is 4.04. The number of benzene rings is 1. The number of nitro groups is 1. The van der Waals surface area contributed by atoms with Crippen molar-refractivity contribution in [1.29, 1.82) is 0 Å². The van der Waals surface area contributed by atoms with E-state index in [0.717, 1.165) is 25.7 Å². The second kappa shape index (κ2) is 10.5. The molecule has 1 fully saturated rings. The average molecular weight is 405 g/mol. The van der Waals surface area contributed by atoms with E-state index in [1.807, 2.05) is 0 Å². The van der Waals surface area contributed by atoms with Crippen LogP contribution in [0.4, 0.5) is 5.69 Å². The minimum atomic E-state index is -0.576. The van der Waals surface area contributed by atoms with E-state index in [4.69, 9.17) is 4.74 Å². The predicted molar refractivity (Wildman–Crippen MR) is 105 cm³/mol. The number of ether oxygens (including phenoxy) is 1. The summed E-state index contributed by atoms with van der Waals surface area (Å²) in [7, 11) is 1.74. The molecule has 0 heterocycles. The van der Waals surface area contributed by atoms with Crippen LogP contribution in [0.1, 0.15) is 49.4 Å². The summed E-state index contributed by atoms with van der Waals surface area (Å²) in [6.45, 7) is 1.94. The molecule has 2 rings (SSSR count). The van der Waals surface area contributed by atoms with Gasteiger partial charge in [0.15, 0.2) is 6.61 Å². The third-order valence-electron chi connectivity index (χ3n) is 5.24. The molecule has 1 aliphatic rings. The molecule has 1 saturated carbocycles. The minimum Gasteiger partial charge on any atom is -0.456 e. The van der Waals surface area contributed by atoms with Gasteiger partial charge in [0.25, 0.3) is 17.5 Å². The van der Waals surface area contributed by atoms with Crippen LogP contribution in [0, 0.1) is 16.0 Å². The number of nitrogens with one attached hydrogen (secondary N) is 1. The molecule has 158 valence electrons. The van der Waals surface area contributed by atoms with Gasteiger partial charge in [-0.2, -0.15) is 0 Å². The Labute approximate surface area is 169 Å². The topological polar surface area (TPSA) is 119 Å². The van der Waals surface area contributed by atoms with E-state index in [-0.39, 0.29) is 42.8 Å². The highest BCUT2D eigenvalue weighted by molar-refractivity contribution is 5.94. The molecule has 1 aliphatic carbocycles. The lowest BCUT2D eigenvalue weighted by Crippen LogP contribution is -2.41. The fourth-order valence-corrected chi connectivity index (χ4v) is 3.26. The molecular weight excluding hydrogens is 378 g/mol. The molecule has 1 aromatic rings. The zero-order chi connectivity index (χ0) is 21.4. The number of carbonyl (C=O) groups excluding carboxylic acids is 3. The molecule has 0 unspecified atom stereocenters. The number of likely N-dealkylation sites (N-methyl/N-ethyl adjacent to an activating group) is 1. The Hall–Kier alpha value is -2.97. The Morgan fingerprint density at radius 2 is 1.79 bits per heavy atom. The highest BCUT2D eigenvalue weighted by Crippen LogP contribution is 2.26. The number of amides is 2. The van der Waals surface area contributed by atoms with Crippen molar-refractivity contribution in [2.24, 2.45) is 5.92 Å². The first kappa shape index (κ1) is 22.3. The van der Waals surface area contributed by atoms with Gasteiger partial charge in [0.05, 0.1) is 11.3 Å². The molecule has 0 bridgehead atoms. The Morgan fingerprint density at radius 1 is 1.17 bits per heavy atom. The van der Waals surface area contributed by atoms with Crippen LogP contribution in [0.3, 0.4) is 0 Å². The van der Waals surface area contributed by atoms with Gasteiger partial charge in [0.2, 0.25) is 0 Å². The molecule has 1 N–H and O–H groups in total. The highest BCUT2D eigenvalue weighted by Gasteiger charge is 2.25. The van der Waals surface area contributed by atoms with Gasteiger partial charge in [-0.1, -0.05) is 6.92 Å². The summed E-state index contributed by atoms with van der Waals surface area (Å²) in [5.74, 6) is -0.565. The predicted octanol–water partition coefficient (Wildman–Crippen LogP) is 2.29. The summed E-state index contributed by atoms with van der Waals surface area (Å²) in [5, 5.41) is 13.1. The molecule has 2 amide bonds. The zero-order valence-electron chi connectivity index (χ0n) is 16.8. The number of non-ortho nitro benzene ring substituents is 1. The number of nitro benzene ring substituents is 1. The Bertz CT molecular complexity index is 741. The van der Waals surface area contributed by atoms with Crippen LogP contribution < -0.4 is 5.32 Å². The van der Waals surface area contributed by atoms with Gasteiger partial charge in [0.1, 0.15) is 0 Å². The van der Waals surface area contributed by atoms with Gasteiger partial charge in [-0.15, -0.1) is 0 Å². The Morgan fingerprint density at radius 3 is 2.38 bits per heavy atom. The summed E-state index contributed by atoms with van der Waals surface area (Å²) < 4.78 is 5.01. The molecule has 0 aromatic heterocycles. The van der Waals surface area contributed by atoms with Crippen LogP contribution >= 0.6 is 0 Å². The molecule has 9 nitrogen and oxygen atoms in total. The van der Waals surface area contributed by atoms with Crippen molar-refractivity contribution in [1.82, 2.24) is 10.2 Å². The standard InChI is InChI=1S/C20H27N3O6/c1-14-3-7-16(8-4-14)22(2)18(24)13-29-19(25)11-12-21-20(26)15-5-9-17(10-6-15)23(27)28/h5-6,9-10,14,16H,3-4,7-8,11-13H2,1-2H3,(H,21,26). The highest BCUT2D eigenvalue weighted by atomic mass is 16.6. The first-order valence-electron chi connectivity index (χ1n) is 9.72. The molecule has 9 heteroatoms. The Balaban J connectivity index is 1.66. The van der Waals surface area contributed by atoms with Gasteiger partial charge in [-0.3, -0.25) is 24.5 Å². The van der Waals surface area contributed by atoms with Crippen LogP contribution in [-0.4, -0.2) is 53.8 Å². The Kier molecular flexibility index (Phi) is 8.11. The summed E-state index contributed by atoms with van der Waals surface area (Å²) in [4.78, 5) is 47.7. The van der Waals surface area contributed by atoms with E-state index in [2.05, 4.69) is 12.2 Å². The molecule has 0 aliphatic heterocycles. The van der Waals surface area contributed by atoms with Crippen molar-refractivity contribution >= 4 is 23.5 Å². The van der Waals surface area contributed by atoms with Crippen molar-refractivity contribution in [3.05, 3.63) is 39.9 Å². The quantitative estimate of drug-likeness (QED) is 0.403. The van der Waals surface area contributed by atoms with E-state index in [1.165, 1.54) is 24.3 Å². The first-order valence-corrected chi connectivity index (χ1v) is 9.72. The van der Waals surface area contributed by atoms with Crippen LogP contribution in [-0.2, 0) is 14.3 Å². The molecule has 29 heavy (non-hydrogen) atoms. The summed E-state index contributed by atoms with van der Waals surface area (Å²) in [6, 6.07) is 5.34. The molecule has 1 aromatic carbocycles. The minimum absolute atomic E-state index is 0.0409. The second-order valence-corrected chi connectivity index (χ2v) is 7.39. The molecule has 0 saturated heterocycles. The lowest BCUT2D eigenvalue weighted by molar-refractivity contribution is -0.384. The zero-order valence-corrected chi connectivity index (χ0v) is 16.8. The first-order chi connectivity index (χ1) is 13.8. The number of rotatable bonds is 8. The van der Waals surface area contributed by atoms with Crippen molar-refractivity contribution in [2.75, 3.05) is 20.2 Å². The fraction of sp³-hybridized carbons (Fsp3) is 0.550. The van der Waals surface area contributed by atoms with Gasteiger partial charge < -0.3 is 15.0 Å². The van der Waals surface area contributed by atoms with Crippen molar-refractivity contribution < 1.29 is 24.0 Å². The number of hydrogen-bond acceptors (Lipinski definition) is 6. The number of hydrogen-bond donors (Lipinski definition) is 1. The largest absolute Gasteiger partial charge is 0.456 e. The van der Waals surface area contributed by atoms with Crippen molar-refractivity contribution in [2.45, 2.75) is 45.1 Å². The van der Waals surface area contributed by atoms with Gasteiger partial charge in [-0.05, 0) is 43.7 Å². The normalized spacial score (nSPS) is 18.6.